The van der Waals surface area contributed by atoms with Crippen LogP contribution < -0.4 is 5.43 Å². The van der Waals surface area contributed by atoms with Gasteiger partial charge in [0.05, 0.1) is 0 Å². The average Bonchev–Trinajstić information content (AvgIpc) is 2.38. The maximum Gasteiger partial charge on any atom is 0.259 e. The van der Waals surface area contributed by atoms with Crippen LogP contribution in [0.25, 0.3) is 0 Å². The first-order chi connectivity index (χ1) is 9.01. The molecule has 4 heteroatoms. The van der Waals surface area contributed by atoms with E-state index in [1.165, 1.54) is 12.3 Å². The van der Waals surface area contributed by atoms with Gasteiger partial charge in [-0.2, -0.15) is 0 Å². The summed E-state index contributed by atoms with van der Waals surface area (Å²) >= 11 is 0. The largest absolute Gasteiger partial charge is 0.367 e. The van der Waals surface area contributed by atoms with E-state index in [9.17, 15) is 9.59 Å². The van der Waals surface area contributed by atoms with Crippen molar-refractivity contribution in [3.63, 3.8) is 0 Å². The summed E-state index contributed by atoms with van der Waals surface area (Å²) in [6.07, 6.45) is 4.85. The molecule has 1 aromatic heterocycles. The van der Waals surface area contributed by atoms with Gasteiger partial charge >= 0.3 is 0 Å². The molecule has 0 aromatic carbocycles. The highest BCUT2D eigenvalue weighted by Crippen LogP contribution is 2.14. The molecule has 1 heterocycles. The van der Waals surface area contributed by atoms with Gasteiger partial charge in [0, 0.05) is 31.0 Å². The Labute approximate surface area is 114 Å². The van der Waals surface area contributed by atoms with E-state index in [0.717, 1.165) is 12.8 Å². The molecule has 106 valence electrons. The minimum absolute atomic E-state index is 0.163. The fourth-order valence-corrected chi connectivity index (χ4v) is 2.26. The fraction of sp³-hybridized carbons (Fsp3) is 0.600. The number of carbonyl (C=O) groups excluding carboxylic acids is 1. The van der Waals surface area contributed by atoms with Gasteiger partial charge in [0.15, 0.2) is 5.43 Å². The number of amides is 1. The Morgan fingerprint density at radius 2 is 1.95 bits per heavy atom. The smallest absolute Gasteiger partial charge is 0.259 e. The van der Waals surface area contributed by atoms with E-state index in [1.807, 2.05) is 4.90 Å². The normalized spacial score (nSPS) is 11.1. The molecule has 0 fully saturated rings. The van der Waals surface area contributed by atoms with Gasteiger partial charge in [-0.15, -0.1) is 0 Å². The summed E-state index contributed by atoms with van der Waals surface area (Å²) in [6.45, 7) is 8.99. The summed E-state index contributed by atoms with van der Waals surface area (Å²) in [5.74, 6) is 0.219. The van der Waals surface area contributed by atoms with E-state index in [4.69, 9.17) is 0 Å². The van der Waals surface area contributed by atoms with E-state index in [1.54, 1.807) is 6.20 Å². The predicted octanol–water partition coefficient (Wildman–Crippen LogP) is 2.66. The summed E-state index contributed by atoms with van der Waals surface area (Å²) in [5.41, 5.74) is 0.0125. The predicted molar refractivity (Wildman–Crippen MR) is 77.3 cm³/mol. The highest BCUT2D eigenvalue weighted by molar-refractivity contribution is 5.94. The van der Waals surface area contributed by atoms with Crippen LogP contribution in [0.2, 0.25) is 0 Å². The van der Waals surface area contributed by atoms with Crippen molar-refractivity contribution >= 4 is 5.91 Å². The first-order valence-corrected chi connectivity index (χ1v) is 6.99. The van der Waals surface area contributed by atoms with Crippen molar-refractivity contribution < 1.29 is 4.79 Å². The second-order valence-electron chi connectivity index (χ2n) is 5.24. The Kier molecular flexibility index (Phi) is 5.80. The first kappa shape index (κ1) is 15.5. The lowest BCUT2D eigenvalue weighted by molar-refractivity contribution is 0.0638. The van der Waals surface area contributed by atoms with Crippen LogP contribution in [-0.4, -0.2) is 28.4 Å². The van der Waals surface area contributed by atoms with Crippen molar-refractivity contribution in [1.29, 1.82) is 0 Å². The van der Waals surface area contributed by atoms with Crippen LogP contribution in [0.4, 0.5) is 0 Å². The highest BCUT2D eigenvalue weighted by Gasteiger charge is 2.24. The second-order valence-corrected chi connectivity index (χ2v) is 5.24. The summed E-state index contributed by atoms with van der Waals surface area (Å²) in [7, 11) is 0. The van der Waals surface area contributed by atoms with Gasteiger partial charge in [0.2, 0.25) is 0 Å². The number of hydrogen-bond donors (Lipinski definition) is 1. The summed E-state index contributed by atoms with van der Waals surface area (Å²) in [4.78, 5) is 29.0. The van der Waals surface area contributed by atoms with Crippen molar-refractivity contribution in [2.75, 3.05) is 6.54 Å². The molecular weight excluding hydrogens is 240 g/mol. The van der Waals surface area contributed by atoms with Gasteiger partial charge in [-0.3, -0.25) is 9.59 Å². The maximum absolute atomic E-state index is 12.6. The zero-order valence-corrected chi connectivity index (χ0v) is 12.3. The molecule has 0 aliphatic carbocycles. The summed E-state index contributed by atoms with van der Waals surface area (Å²) in [6, 6.07) is 1.59. The fourth-order valence-electron chi connectivity index (χ4n) is 2.26. The van der Waals surface area contributed by atoms with Gasteiger partial charge in [-0.1, -0.05) is 27.7 Å². The molecule has 1 aromatic rings. The number of rotatable bonds is 6. The Morgan fingerprint density at radius 3 is 2.42 bits per heavy atom. The third kappa shape index (κ3) is 3.94. The molecular formula is C15H24N2O2. The Balaban J connectivity index is 3.07. The van der Waals surface area contributed by atoms with E-state index in [0.29, 0.717) is 12.5 Å². The Hall–Kier alpha value is -1.58. The SMILES string of the molecule is CCC(CC)N(CC(C)C)C(=O)c1c[nH]ccc1=O. The zero-order valence-electron chi connectivity index (χ0n) is 12.3. The highest BCUT2D eigenvalue weighted by atomic mass is 16.2. The molecule has 0 atom stereocenters. The molecule has 1 N–H and O–H groups in total. The third-order valence-electron chi connectivity index (χ3n) is 3.26. The molecule has 1 amide bonds. The molecule has 0 unspecified atom stereocenters. The lowest BCUT2D eigenvalue weighted by Crippen LogP contribution is -2.43. The van der Waals surface area contributed by atoms with Crippen molar-refractivity contribution in [3.05, 3.63) is 34.2 Å². The third-order valence-corrected chi connectivity index (χ3v) is 3.26. The molecule has 19 heavy (non-hydrogen) atoms. The molecule has 1 rings (SSSR count). The zero-order chi connectivity index (χ0) is 14.4. The summed E-state index contributed by atoms with van der Waals surface area (Å²) in [5, 5.41) is 0. The molecule has 0 saturated heterocycles. The van der Waals surface area contributed by atoms with E-state index >= 15 is 0 Å². The number of pyridine rings is 1. The van der Waals surface area contributed by atoms with E-state index < -0.39 is 0 Å². The lowest BCUT2D eigenvalue weighted by atomic mass is 10.1. The molecule has 0 saturated carbocycles. The number of carbonyl (C=O) groups is 1. The number of H-pyrrole nitrogens is 1. The van der Waals surface area contributed by atoms with Crippen LogP contribution in [0, 0.1) is 5.92 Å². The molecule has 0 bridgehead atoms. The summed E-state index contributed by atoms with van der Waals surface area (Å²) < 4.78 is 0. The molecule has 0 spiro atoms. The number of nitrogens with one attached hydrogen (secondary N) is 1. The lowest BCUT2D eigenvalue weighted by Gasteiger charge is -2.32. The standard InChI is InChI=1S/C15H24N2O2/c1-5-12(6-2)17(10-11(3)4)15(19)13-9-16-8-7-14(13)18/h7-9,11-12H,5-6,10H2,1-4H3,(H,16,18). The van der Waals surface area contributed by atoms with Gasteiger partial charge in [-0.25, -0.2) is 0 Å². The average molecular weight is 264 g/mol. The minimum Gasteiger partial charge on any atom is -0.367 e. The Bertz CT molecular complexity index is 461. The van der Waals surface area contributed by atoms with Crippen LogP contribution in [0.15, 0.2) is 23.3 Å². The van der Waals surface area contributed by atoms with Gasteiger partial charge in [-0.05, 0) is 18.8 Å². The second kappa shape index (κ2) is 7.12. The van der Waals surface area contributed by atoms with Crippen LogP contribution in [0.5, 0.6) is 0 Å². The van der Waals surface area contributed by atoms with Gasteiger partial charge in [0.1, 0.15) is 5.56 Å². The topological polar surface area (TPSA) is 53.2 Å². The van der Waals surface area contributed by atoms with Crippen molar-refractivity contribution in [2.24, 2.45) is 5.92 Å². The number of aromatic amines is 1. The van der Waals surface area contributed by atoms with Crippen molar-refractivity contribution in [1.82, 2.24) is 9.88 Å². The quantitative estimate of drug-likeness (QED) is 0.858. The van der Waals surface area contributed by atoms with Crippen LogP contribution in [-0.2, 0) is 0 Å². The van der Waals surface area contributed by atoms with Gasteiger partial charge in [0.25, 0.3) is 5.91 Å². The van der Waals surface area contributed by atoms with Crippen LogP contribution in [0.1, 0.15) is 50.9 Å². The number of hydrogen-bond acceptors (Lipinski definition) is 2. The van der Waals surface area contributed by atoms with E-state index in [-0.39, 0.29) is 22.9 Å². The van der Waals surface area contributed by atoms with Crippen LogP contribution >= 0.6 is 0 Å². The maximum atomic E-state index is 12.6. The molecule has 0 radical (unpaired) electrons. The van der Waals surface area contributed by atoms with Crippen molar-refractivity contribution in [3.8, 4) is 0 Å². The van der Waals surface area contributed by atoms with Crippen LogP contribution in [0.3, 0.4) is 0 Å². The minimum atomic E-state index is -0.219. The molecule has 0 aliphatic heterocycles. The van der Waals surface area contributed by atoms with Crippen molar-refractivity contribution in [2.45, 2.75) is 46.6 Å². The molecule has 4 nitrogen and oxygen atoms in total. The monoisotopic (exact) mass is 264 g/mol. The first-order valence-electron chi connectivity index (χ1n) is 6.99. The van der Waals surface area contributed by atoms with E-state index in [2.05, 4.69) is 32.7 Å². The van der Waals surface area contributed by atoms with Gasteiger partial charge < -0.3 is 9.88 Å². The number of nitrogens with zero attached hydrogens (tertiary/aromatic N) is 1. The molecule has 0 aliphatic rings. The Morgan fingerprint density at radius 1 is 1.32 bits per heavy atom. The number of aromatic nitrogens is 1.